The van der Waals surface area contributed by atoms with Crippen molar-refractivity contribution in [2.75, 3.05) is 13.2 Å². The van der Waals surface area contributed by atoms with Gasteiger partial charge in [0.1, 0.15) is 24.4 Å². The van der Waals surface area contributed by atoms with Gasteiger partial charge < -0.3 is 40.3 Å². The summed E-state index contributed by atoms with van der Waals surface area (Å²) in [7, 11) is 0. The molecule has 0 spiro atoms. The Labute approximate surface area is 311 Å². The van der Waals surface area contributed by atoms with Crippen molar-refractivity contribution in [3.8, 4) is 0 Å². The monoisotopic (exact) mass is 724 g/mol. The summed E-state index contributed by atoms with van der Waals surface area (Å²) in [6, 6.07) is -0.803. The summed E-state index contributed by atoms with van der Waals surface area (Å²) in [5, 5.41) is 53.9. The zero-order valence-corrected chi connectivity index (χ0v) is 32.4. The fraction of sp³-hybridized carbons (Fsp3) is 0.833. The van der Waals surface area contributed by atoms with E-state index in [4.69, 9.17) is 9.47 Å². The second kappa shape index (κ2) is 33.0. The number of carbonyl (C=O) groups excluding carboxylic acids is 1. The Kier molecular flexibility index (Phi) is 30.7. The van der Waals surface area contributed by atoms with E-state index in [0.717, 1.165) is 44.9 Å². The van der Waals surface area contributed by atoms with Gasteiger partial charge in [-0.1, -0.05) is 147 Å². The highest BCUT2D eigenvalue weighted by molar-refractivity contribution is 5.76. The molecule has 1 rings (SSSR count). The predicted molar refractivity (Wildman–Crippen MR) is 207 cm³/mol. The summed E-state index contributed by atoms with van der Waals surface area (Å²) >= 11 is 0. The van der Waals surface area contributed by atoms with Crippen LogP contribution in [-0.4, -0.2) is 87.5 Å². The molecule has 1 amide bonds. The molecule has 1 saturated heterocycles. The number of rotatable bonds is 33. The number of carbonyl (C=O) groups is 1. The standard InChI is InChI=1S/C42H77NO8/c1-3-5-7-9-11-13-14-15-16-17-18-19-20-21-22-24-26-28-30-32-38(46)43-35(36(45)31-29-27-25-23-12-10-8-6-4-2)34-50-42-41(49)40(48)39(47)37(33-44)51-42/h11,13,15-16,29,31,35-37,39-42,44-45,47-49H,3-10,12,14,17-28,30,32-34H2,1-2H3,(H,43,46)/b13-11-,16-15-,31-29+. The van der Waals surface area contributed by atoms with Crippen LogP contribution in [-0.2, 0) is 14.3 Å². The number of amides is 1. The third-order valence-corrected chi connectivity index (χ3v) is 9.71. The van der Waals surface area contributed by atoms with E-state index < -0.39 is 49.5 Å². The molecule has 51 heavy (non-hydrogen) atoms. The lowest BCUT2D eigenvalue weighted by Gasteiger charge is -2.40. The summed E-state index contributed by atoms with van der Waals surface area (Å²) in [6.45, 7) is 3.69. The molecule has 0 aromatic rings. The number of allylic oxidation sites excluding steroid dienone is 5. The quantitative estimate of drug-likeness (QED) is 0.0298. The summed E-state index contributed by atoms with van der Waals surface area (Å²) in [5.41, 5.74) is 0. The minimum absolute atomic E-state index is 0.186. The Balaban J connectivity index is 2.35. The van der Waals surface area contributed by atoms with Gasteiger partial charge in [-0.2, -0.15) is 0 Å². The molecular formula is C42H77NO8. The molecule has 1 heterocycles. The highest BCUT2D eigenvalue weighted by Gasteiger charge is 2.44. The lowest BCUT2D eigenvalue weighted by molar-refractivity contribution is -0.302. The first kappa shape index (κ1) is 47.4. The van der Waals surface area contributed by atoms with Gasteiger partial charge >= 0.3 is 0 Å². The molecule has 0 bridgehead atoms. The molecule has 0 radical (unpaired) electrons. The Bertz CT molecular complexity index is 894. The van der Waals surface area contributed by atoms with Gasteiger partial charge in [0, 0.05) is 6.42 Å². The summed E-state index contributed by atoms with van der Waals surface area (Å²) < 4.78 is 11.1. The van der Waals surface area contributed by atoms with Gasteiger partial charge in [0.05, 0.1) is 25.4 Å². The van der Waals surface area contributed by atoms with E-state index in [1.54, 1.807) is 6.08 Å². The maximum atomic E-state index is 12.9. The van der Waals surface area contributed by atoms with Crippen LogP contribution in [0.3, 0.4) is 0 Å². The number of hydrogen-bond donors (Lipinski definition) is 6. The number of unbranched alkanes of at least 4 members (excludes halogenated alkanes) is 19. The molecular weight excluding hydrogens is 646 g/mol. The van der Waals surface area contributed by atoms with Crippen LogP contribution >= 0.6 is 0 Å². The molecule has 0 aromatic carbocycles. The first-order valence-electron chi connectivity index (χ1n) is 20.7. The van der Waals surface area contributed by atoms with Crippen LogP contribution in [0.1, 0.15) is 168 Å². The fourth-order valence-electron chi connectivity index (χ4n) is 6.30. The molecule has 0 aliphatic carbocycles. The Hall–Kier alpha value is -1.59. The zero-order chi connectivity index (χ0) is 37.4. The van der Waals surface area contributed by atoms with Gasteiger partial charge in [0.15, 0.2) is 6.29 Å². The maximum absolute atomic E-state index is 12.9. The smallest absolute Gasteiger partial charge is 0.220 e. The van der Waals surface area contributed by atoms with E-state index in [1.165, 1.54) is 103 Å². The number of ether oxygens (including phenoxy) is 2. The first-order valence-corrected chi connectivity index (χ1v) is 20.7. The molecule has 7 atom stereocenters. The summed E-state index contributed by atoms with van der Waals surface area (Å²) in [5.74, 6) is -0.186. The molecule has 1 aliphatic rings. The molecule has 1 aliphatic heterocycles. The third kappa shape index (κ3) is 24.4. The van der Waals surface area contributed by atoms with Gasteiger partial charge in [-0.25, -0.2) is 0 Å². The van der Waals surface area contributed by atoms with Crippen molar-refractivity contribution in [2.45, 2.75) is 211 Å². The molecule has 0 saturated carbocycles. The normalized spacial score (nSPS) is 22.4. The molecule has 298 valence electrons. The first-order chi connectivity index (χ1) is 24.8. The van der Waals surface area contributed by atoms with Gasteiger partial charge in [-0.15, -0.1) is 0 Å². The van der Waals surface area contributed by atoms with E-state index >= 15 is 0 Å². The highest BCUT2D eigenvalue weighted by Crippen LogP contribution is 2.22. The third-order valence-electron chi connectivity index (χ3n) is 9.71. The SMILES string of the molecule is CCCCC/C=C\C/C=C\CCCCCCCCCCCC(=O)NC(COC1OC(CO)C(O)C(O)C1O)C(O)/C=C/CCCCCCCCC. The molecule has 6 N–H and O–H groups in total. The number of nitrogens with one attached hydrogen (secondary N) is 1. The molecule has 7 unspecified atom stereocenters. The second-order valence-electron chi connectivity index (χ2n) is 14.4. The Morgan fingerprint density at radius 2 is 1.16 bits per heavy atom. The summed E-state index contributed by atoms with van der Waals surface area (Å²) in [6.07, 6.45) is 31.9. The number of hydrogen-bond acceptors (Lipinski definition) is 8. The van der Waals surface area contributed by atoms with Gasteiger partial charge in [0.25, 0.3) is 0 Å². The average Bonchev–Trinajstić information content (AvgIpc) is 3.13. The van der Waals surface area contributed by atoms with Crippen LogP contribution in [0.5, 0.6) is 0 Å². The molecule has 0 aromatic heterocycles. The van der Waals surface area contributed by atoms with Crippen molar-refractivity contribution < 1.29 is 39.8 Å². The van der Waals surface area contributed by atoms with E-state index in [-0.39, 0.29) is 12.5 Å². The minimum atomic E-state index is -1.56. The van der Waals surface area contributed by atoms with Crippen molar-refractivity contribution in [1.82, 2.24) is 5.32 Å². The highest BCUT2D eigenvalue weighted by atomic mass is 16.7. The molecule has 9 heteroatoms. The van der Waals surface area contributed by atoms with Crippen molar-refractivity contribution >= 4 is 5.91 Å². The molecule has 9 nitrogen and oxygen atoms in total. The van der Waals surface area contributed by atoms with Crippen LogP contribution < -0.4 is 5.32 Å². The number of aliphatic hydroxyl groups is 5. The van der Waals surface area contributed by atoms with Crippen molar-refractivity contribution in [1.29, 1.82) is 0 Å². The van der Waals surface area contributed by atoms with Crippen molar-refractivity contribution in [3.63, 3.8) is 0 Å². The van der Waals surface area contributed by atoms with E-state index in [0.29, 0.717) is 6.42 Å². The fourth-order valence-corrected chi connectivity index (χ4v) is 6.30. The van der Waals surface area contributed by atoms with Gasteiger partial charge in [-0.05, 0) is 51.4 Å². The summed E-state index contributed by atoms with van der Waals surface area (Å²) in [4.78, 5) is 12.9. The van der Waals surface area contributed by atoms with Gasteiger partial charge in [-0.3, -0.25) is 4.79 Å². The van der Waals surface area contributed by atoms with Crippen LogP contribution in [0.15, 0.2) is 36.5 Å². The van der Waals surface area contributed by atoms with E-state index in [9.17, 15) is 30.3 Å². The largest absolute Gasteiger partial charge is 0.394 e. The van der Waals surface area contributed by atoms with Crippen LogP contribution in [0.2, 0.25) is 0 Å². The lowest BCUT2D eigenvalue weighted by Crippen LogP contribution is -2.60. The predicted octanol–water partition coefficient (Wildman–Crippen LogP) is 7.72. The van der Waals surface area contributed by atoms with E-state index in [1.807, 2.05) is 6.08 Å². The van der Waals surface area contributed by atoms with Crippen LogP contribution in [0.25, 0.3) is 0 Å². The maximum Gasteiger partial charge on any atom is 0.220 e. The Morgan fingerprint density at radius 1 is 0.667 bits per heavy atom. The lowest BCUT2D eigenvalue weighted by atomic mass is 9.99. The van der Waals surface area contributed by atoms with Crippen LogP contribution in [0, 0.1) is 0 Å². The topological polar surface area (TPSA) is 149 Å². The minimum Gasteiger partial charge on any atom is -0.394 e. The zero-order valence-electron chi connectivity index (χ0n) is 32.4. The molecule has 1 fully saturated rings. The average molecular weight is 724 g/mol. The van der Waals surface area contributed by atoms with Gasteiger partial charge in [0.2, 0.25) is 5.91 Å². The van der Waals surface area contributed by atoms with E-state index in [2.05, 4.69) is 43.5 Å². The van der Waals surface area contributed by atoms with Crippen molar-refractivity contribution in [3.05, 3.63) is 36.5 Å². The second-order valence-corrected chi connectivity index (χ2v) is 14.4. The van der Waals surface area contributed by atoms with Crippen LogP contribution in [0.4, 0.5) is 0 Å². The van der Waals surface area contributed by atoms with Crippen molar-refractivity contribution in [2.24, 2.45) is 0 Å². The number of aliphatic hydroxyl groups excluding tert-OH is 5. The Morgan fingerprint density at radius 3 is 1.73 bits per heavy atom.